The van der Waals surface area contributed by atoms with E-state index in [0.717, 1.165) is 39.9 Å². The van der Waals surface area contributed by atoms with Crippen molar-refractivity contribution in [2.45, 2.75) is 27.4 Å². The quantitative estimate of drug-likeness (QED) is 0.649. The molecule has 0 heterocycles. The summed E-state index contributed by atoms with van der Waals surface area (Å²) in [5, 5.41) is 6.50. The molecule has 5 heteroatoms. The second kappa shape index (κ2) is 8.15. The summed E-state index contributed by atoms with van der Waals surface area (Å²) >= 11 is 0. The van der Waals surface area contributed by atoms with Gasteiger partial charge in [0.2, 0.25) is 0 Å². The highest BCUT2D eigenvalue weighted by Crippen LogP contribution is 2.20. The Balaban J connectivity index is 1.90. The largest absolute Gasteiger partial charge is 0.496 e. The second-order valence-electron chi connectivity index (χ2n) is 5.63. The van der Waals surface area contributed by atoms with Crippen LogP contribution in [0.15, 0.2) is 41.6 Å². The normalized spacial score (nSPS) is 10.7. The number of amides is 1. The van der Waals surface area contributed by atoms with Crippen molar-refractivity contribution < 1.29 is 14.4 Å². The number of carbonyl (C=O) groups excluding carboxylic acids is 1. The zero-order chi connectivity index (χ0) is 17.5. The standard InChI is InChI=1S/C19H22N2O3/c1-13-5-7-17(15(3)9-13)21-19(22)11-20-24-12-16-10-14(2)6-8-18(16)23-4/h5-11H,12H2,1-4H3,(H,21,22)/b20-11-. The Bertz CT molecular complexity index is 754. The number of hydrogen-bond donors (Lipinski definition) is 1. The molecule has 1 amide bonds. The van der Waals surface area contributed by atoms with Crippen LogP contribution in [-0.2, 0) is 16.2 Å². The van der Waals surface area contributed by atoms with Crippen LogP contribution in [-0.4, -0.2) is 19.2 Å². The molecule has 0 aliphatic carbocycles. The predicted octanol–water partition coefficient (Wildman–Crippen LogP) is 3.76. The minimum atomic E-state index is -0.335. The molecule has 2 aromatic rings. The van der Waals surface area contributed by atoms with Crippen molar-refractivity contribution in [2.75, 3.05) is 12.4 Å². The molecule has 126 valence electrons. The maximum absolute atomic E-state index is 11.9. The van der Waals surface area contributed by atoms with E-state index in [9.17, 15) is 4.79 Å². The van der Waals surface area contributed by atoms with E-state index in [-0.39, 0.29) is 12.5 Å². The van der Waals surface area contributed by atoms with Crippen molar-refractivity contribution in [2.24, 2.45) is 5.16 Å². The Hall–Kier alpha value is -2.82. The Morgan fingerprint density at radius 1 is 1.12 bits per heavy atom. The van der Waals surface area contributed by atoms with E-state index in [1.807, 2.05) is 57.2 Å². The number of nitrogens with one attached hydrogen (secondary N) is 1. The summed E-state index contributed by atoms with van der Waals surface area (Å²) in [4.78, 5) is 17.1. The van der Waals surface area contributed by atoms with Crippen LogP contribution < -0.4 is 10.1 Å². The van der Waals surface area contributed by atoms with E-state index >= 15 is 0 Å². The number of anilines is 1. The monoisotopic (exact) mass is 326 g/mol. The number of rotatable bonds is 6. The molecular weight excluding hydrogens is 304 g/mol. The average molecular weight is 326 g/mol. The Morgan fingerprint density at radius 2 is 1.83 bits per heavy atom. The van der Waals surface area contributed by atoms with Crippen molar-refractivity contribution in [1.82, 2.24) is 0 Å². The highest BCUT2D eigenvalue weighted by atomic mass is 16.6. The van der Waals surface area contributed by atoms with Gasteiger partial charge in [0.25, 0.3) is 5.91 Å². The molecular formula is C19H22N2O3. The van der Waals surface area contributed by atoms with Gasteiger partial charge in [0.1, 0.15) is 18.6 Å². The van der Waals surface area contributed by atoms with Crippen LogP contribution in [0.25, 0.3) is 0 Å². The fourth-order valence-corrected chi connectivity index (χ4v) is 2.33. The van der Waals surface area contributed by atoms with E-state index in [1.54, 1.807) is 7.11 Å². The van der Waals surface area contributed by atoms with Crippen molar-refractivity contribution in [3.05, 3.63) is 58.7 Å². The molecule has 0 spiro atoms. The number of oxime groups is 1. The van der Waals surface area contributed by atoms with Crippen molar-refractivity contribution in [3.63, 3.8) is 0 Å². The summed E-state index contributed by atoms with van der Waals surface area (Å²) in [6, 6.07) is 11.6. The first kappa shape index (κ1) is 17.5. The van der Waals surface area contributed by atoms with E-state index in [4.69, 9.17) is 9.57 Å². The molecule has 2 aromatic carbocycles. The van der Waals surface area contributed by atoms with Gasteiger partial charge in [-0.3, -0.25) is 4.79 Å². The zero-order valence-corrected chi connectivity index (χ0v) is 14.4. The van der Waals surface area contributed by atoms with Crippen LogP contribution in [0.2, 0.25) is 0 Å². The summed E-state index contributed by atoms with van der Waals surface area (Å²) in [7, 11) is 1.61. The molecule has 0 aliphatic heterocycles. The van der Waals surface area contributed by atoms with Gasteiger partial charge in [0.15, 0.2) is 0 Å². The summed E-state index contributed by atoms with van der Waals surface area (Å²) in [5.41, 5.74) is 4.89. The molecule has 1 N–H and O–H groups in total. The van der Waals surface area contributed by atoms with Crippen LogP contribution in [0.5, 0.6) is 5.75 Å². The molecule has 5 nitrogen and oxygen atoms in total. The topological polar surface area (TPSA) is 59.9 Å². The average Bonchev–Trinajstić information content (AvgIpc) is 2.54. The zero-order valence-electron chi connectivity index (χ0n) is 14.4. The molecule has 0 radical (unpaired) electrons. The molecule has 24 heavy (non-hydrogen) atoms. The first-order chi connectivity index (χ1) is 11.5. The van der Waals surface area contributed by atoms with Crippen molar-refractivity contribution >= 4 is 17.8 Å². The van der Waals surface area contributed by atoms with Crippen LogP contribution in [0, 0.1) is 20.8 Å². The maximum atomic E-state index is 11.9. The van der Waals surface area contributed by atoms with E-state index in [1.165, 1.54) is 0 Å². The second-order valence-corrected chi connectivity index (χ2v) is 5.63. The summed E-state index contributed by atoms with van der Waals surface area (Å²) in [5.74, 6) is 0.397. The molecule has 0 saturated heterocycles. The first-order valence-corrected chi connectivity index (χ1v) is 7.66. The van der Waals surface area contributed by atoms with Gasteiger partial charge in [-0.15, -0.1) is 0 Å². The van der Waals surface area contributed by atoms with Gasteiger partial charge in [-0.1, -0.05) is 34.5 Å². The van der Waals surface area contributed by atoms with Gasteiger partial charge in [0.05, 0.1) is 7.11 Å². The Labute approximate surface area is 142 Å². The van der Waals surface area contributed by atoms with Gasteiger partial charge in [-0.25, -0.2) is 0 Å². The fraction of sp³-hybridized carbons (Fsp3) is 0.263. The number of hydrogen-bond acceptors (Lipinski definition) is 4. The minimum absolute atomic E-state index is 0.234. The lowest BCUT2D eigenvalue weighted by molar-refractivity contribution is -0.110. The highest BCUT2D eigenvalue weighted by Gasteiger charge is 2.05. The van der Waals surface area contributed by atoms with Gasteiger partial charge in [-0.2, -0.15) is 0 Å². The van der Waals surface area contributed by atoms with Crippen LogP contribution >= 0.6 is 0 Å². The molecule has 0 unspecified atom stereocenters. The van der Waals surface area contributed by atoms with Crippen LogP contribution in [0.1, 0.15) is 22.3 Å². The minimum Gasteiger partial charge on any atom is -0.496 e. The first-order valence-electron chi connectivity index (χ1n) is 7.66. The van der Waals surface area contributed by atoms with Crippen LogP contribution in [0.3, 0.4) is 0 Å². The number of aryl methyl sites for hydroxylation is 3. The summed E-state index contributed by atoms with van der Waals surface area (Å²) in [6.07, 6.45) is 1.13. The number of nitrogens with zero attached hydrogens (tertiary/aromatic N) is 1. The number of carbonyl (C=O) groups is 1. The fourth-order valence-electron chi connectivity index (χ4n) is 2.33. The lowest BCUT2D eigenvalue weighted by atomic mass is 10.1. The molecule has 0 bridgehead atoms. The Kier molecular flexibility index (Phi) is 5.95. The van der Waals surface area contributed by atoms with Gasteiger partial charge < -0.3 is 14.9 Å². The molecule has 0 aliphatic rings. The highest BCUT2D eigenvalue weighted by molar-refractivity contribution is 6.31. The SMILES string of the molecule is COc1ccc(C)cc1CO/N=C\C(=O)Nc1ccc(C)cc1C. The summed E-state index contributed by atoms with van der Waals surface area (Å²) in [6.45, 7) is 6.18. The summed E-state index contributed by atoms with van der Waals surface area (Å²) < 4.78 is 5.27. The van der Waals surface area contributed by atoms with E-state index < -0.39 is 0 Å². The van der Waals surface area contributed by atoms with Gasteiger partial charge in [-0.05, 0) is 44.5 Å². The van der Waals surface area contributed by atoms with Crippen molar-refractivity contribution in [1.29, 1.82) is 0 Å². The number of methoxy groups -OCH3 is 1. The maximum Gasteiger partial charge on any atom is 0.270 e. The third kappa shape index (κ3) is 4.84. The lowest BCUT2D eigenvalue weighted by Gasteiger charge is -2.08. The number of ether oxygens (including phenoxy) is 1. The molecule has 0 atom stereocenters. The lowest BCUT2D eigenvalue weighted by Crippen LogP contribution is -2.13. The van der Waals surface area contributed by atoms with Gasteiger partial charge in [0, 0.05) is 11.3 Å². The van der Waals surface area contributed by atoms with E-state index in [2.05, 4.69) is 10.5 Å². The smallest absolute Gasteiger partial charge is 0.270 e. The third-order valence-corrected chi connectivity index (χ3v) is 3.54. The van der Waals surface area contributed by atoms with Gasteiger partial charge >= 0.3 is 0 Å². The molecule has 0 saturated carbocycles. The third-order valence-electron chi connectivity index (χ3n) is 3.54. The molecule has 0 fully saturated rings. The van der Waals surface area contributed by atoms with Crippen molar-refractivity contribution in [3.8, 4) is 5.75 Å². The number of benzene rings is 2. The van der Waals surface area contributed by atoms with Crippen LogP contribution in [0.4, 0.5) is 5.69 Å². The van der Waals surface area contributed by atoms with E-state index in [0.29, 0.717) is 0 Å². The molecule has 2 rings (SSSR count). The molecule has 0 aromatic heterocycles. The predicted molar refractivity (Wildman–Crippen MR) is 95.6 cm³/mol. The Morgan fingerprint density at radius 3 is 2.54 bits per heavy atom.